The zero-order chi connectivity index (χ0) is 20.9. The standard InChI is InChI=1S/C22H24N2O4S/c1-22(28,13-18(26)27)12-17(25)14-29-21-23-19(15-8-4-2-5-9-15)20(24-21)16-10-6-3-7-11-16/h2-11,17,25,28H,12-14H2,1H3,(H,23,24)(H,26,27). The Morgan fingerprint density at radius 2 is 1.69 bits per heavy atom. The molecule has 0 amide bonds. The minimum absolute atomic E-state index is 0.0237. The first-order valence-corrected chi connectivity index (χ1v) is 10.3. The number of hydrogen-bond donors (Lipinski definition) is 4. The quantitative estimate of drug-likeness (QED) is 0.398. The van der Waals surface area contributed by atoms with E-state index in [4.69, 9.17) is 10.1 Å². The van der Waals surface area contributed by atoms with Crippen LogP contribution in [0, 0.1) is 0 Å². The minimum Gasteiger partial charge on any atom is -0.481 e. The van der Waals surface area contributed by atoms with Crippen LogP contribution in [0.1, 0.15) is 19.8 Å². The molecule has 0 spiro atoms. The molecule has 2 unspecified atom stereocenters. The first-order valence-electron chi connectivity index (χ1n) is 9.30. The van der Waals surface area contributed by atoms with Crippen molar-refractivity contribution in [1.29, 1.82) is 0 Å². The molecule has 0 aliphatic rings. The van der Waals surface area contributed by atoms with Crippen LogP contribution in [0.2, 0.25) is 0 Å². The molecule has 0 bridgehead atoms. The van der Waals surface area contributed by atoms with Gasteiger partial charge in [-0.3, -0.25) is 4.79 Å². The maximum absolute atomic E-state index is 10.8. The number of aromatic amines is 1. The Bertz CT molecular complexity index is 885. The van der Waals surface area contributed by atoms with Gasteiger partial charge < -0.3 is 20.3 Å². The van der Waals surface area contributed by atoms with Crippen molar-refractivity contribution in [2.24, 2.45) is 0 Å². The predicted octanol–water partition coefficient (Wildman–Crippen LogP) is 3.81. The molecule has 29 heavy (non-hydrogen) atoms. The highest BCUT2D eigenvalue weighted by Crippen LogP contribution is 2.33. The Labute approximate surface area is 173 Å². The van der Waals surface area contributed by atoms with Crippen molar-refractivity contribution in [3.8, 4) is 22.5 Å². The van der Waals surface area contributed by atoms with Crippen molar-refractivity contribution in [1.82, 2.24) is 9.97 Å². The summed E-state index contributed by atoms with van der Waals surface area (Å²) < 4.78 is 0. The normalized spacial score (nSPS) is 14.3. The molecule has 0 radical (unpaired) electrons. The fraction of sp³-hybridized carbons (Fsp3) is 0.273. The Kier molecular flexibility index (Phi) is 6.74. The van der Waals surface area contributed by atoms with Crippen LogP contribution >= 0.6 is 11.8 Å². The number of thioether (sulfide) groups is 1. The third-order valence-corrected chi connectivity index (χ3v) is 5.43. The van der Waals surface area contributed by atoms with Crippen LogP contribution in [0.25, 0.3) is 22.5 Å². The molecule has 0 saturated carbocycles. The smallest absolute Gasteiger partial charge is 0.306 e. The molecule has 1 heterocycles. The van der Waals surface area contributed by atoms with E-state index in [0.29, 0.717) is 5.16 Å². The van der Waals surface area contributed by atoms with Gasteiger partial charge in [0.05, 0.1) is 29.5 Å². The number of aliphatic hydroxyl groups excluding tert-OH is 1. The third kappa shape index (κ3) is 5.93. The van der Waals surface area contributed by atoms with Crippen LogP contribution in [-0.2, 0) is 4.79 Å². The maximum Gasteiger partial charge on any atom is 0.306 e. The van der Waals surface area contributed by atoms with E-state index >= 15 is 0 Å². The van der Waals surface area contributed by atoms with Crippen molar-refractivity contribution in [2.75, 3.05) is 5.75 Å². The number of carboxylic acids is 1. The number of imidazole rings is 1. The van der Waals surface area contributed by atoms with E-state index in [1.807, 2.05) is 60.7 Å². The summed E-state index contributed by atoms with van der Waals surface area (Å²) in [5.74, 6) is -0.813. The zero-order valence-corrected chi connectivity index (χ0v) is 16.9. The third-order valence-electron chi connectivity index (χ3n) is 4.41. The number of aliphatic carboxylic acids is 1. The van der Waals surface area contributed by atoms with Crippen molar-refractivity contribution >= 4 is 17.7 Å². The Morgan fingerprint density at radius 3 is 2.28 bits per heavy atom. The van der Waals surface area contributed by atoms with Crippen LogP contribution in [0.15, 0.2) is 65.8 Å². The van der Waals surface area contributed by atoms with Crippen LogP contribution in [0.3, 0.4) is 0 Å². The highest BCUT2D eigenvalue weighted by molar-refractivity contribution is 7.99. The summed E-state index contributed by atoms with van der Waals surface area (Å²) in [6, 6.07) is 19.8. The van der Waals surface area contributed by atoms with E-state index in [1.54, 1.807) is 0 Å². The summed E-state index contributed by atoms with van der Waals surface area (Å²) in [6.07, 6.45) is -1.30. The van der Waals surface area contributed by atoms with Gasteiger partial charge in [0.1, 0.15) is 0 Å². The second-order valence-corrected chi connectivity index (χ2v) is 8.24. The highest BCUT2D eigenvalue weighted by Gasteiger charge is 2.27. The van der Waals surface area contributed by atoms with E-state index in [0.717, 1.165) is 22.5 Å². The molecule has 3 aromatic rings. The number of hydrogen-bond acceptors (Lipinski definition) is 5. The van der Waals surface area contributed by atoms with E-state index in [1.165, 1.54) is 18.7 Å². The van der Waals surface area contributed by atoms with Gasteiger partial charge in [-0.15, -0.1) is 0 Å². The molecule has 3 rings (SSSR count). The van der Waals surface area contributed by atoms with E-state index in [-0.39, 0.29) is 12.2 Å². The predicted molar refractivity (Wildman–Crippen MR) is 114 cm³/mol. The van der Waals surface area contributed by atoms with E-state index < -0.39 is 24.1 Å². The molecule has 152 valence electrons. The number of nitrogens with zero attached hydrogens (tertiary/aromatic N) is 1. The van der Waals surface area contributed by atoms with Crippen LogP contribution < -0.4 is 0 Å². The molecule has 4 N–H and O–H groups in total. The molecule has 2 aromatic carbocycles. The average molecular weight is 413 g/mol. The number of nitrogens with one attached hydrogen (secondary N) is 1. The first kappa shape index (κ1) is 21.1. The number of aliphatic hydroxyl groups is 2. The SMILES string of the molecule is CC(O)(CC(=O)O)CC(O)CSc1nc(-c2ccccc2)c(-c2ccccc2)[nH]1. The molecule has 6 nitrogen and oxygen atoms in total. The minimum atomic E-state index is -1.46. The van der Waals surface area contributed by atoms with Gasteiger partial charge in [-0.1, -0.05) is 72.4 Å². The number of aromatic nitrogens is 2. The van der Waals surface area contributed by atoms with Gasteiger partial charge in [0.25, 0.3) is 0 Å². The molecular formula is C22H24N2O4S. The summed E-state index contributed by atoms with van der Waals surface area (Å²) in [5.41, 5.74) is 2.26. The van der Waals surface area contributed by atoms with Gasteiger partial charge >= 0.3 is 5.97 Å². The van der Waals surface area contributed by atoms with Crippen molar-refractivity contribution < 1.29 is 20.1 Å². The van der Waals surface area contributed by atoms with Crippen LogP contribution in [-0.4, -0.2) is 48.7 Å². The van der Waals surface area contributed by atoms with Crippen LogP contribution in [0.4, 0.5) is 0 Å². The lowest BCUT2D eigenvalue weighted by Gasteiger charge is -2.23. The number of rotatable bonds is 9. The summed E-state index contributed by atoms with van der Waals surface area (Å²) in [6.45, 7) is 1.42. The molecule has 1 aromatic heterocycles. The fourth-order valence-electron chi connectivity index (χ4n) is 3.18. The molecular weight excluding hydrogens is 388 g/mol. The van der Waals surface area contributed by atoms with Gasteiger partial charge in [0.15, 0.2) is 5.16 Å². The average Bonchev–Trinajstić information content (AvgIpc) is 3.11. The molecule has 0 aliphatic carbocycles. The number of benzene rings is 2. The molecule has 2 atom stereocenters. The number of carboxylic acid groups (broad SMARTS) is 1. The summed E-state index contributed by atoms with van der Waals surface area (Å²) in [7, 11) is 0. The lowest BCUT2D eigenvalue weighted by atomic mass is 9.95. The summed E-state index contributed by atoms with van der Waals surface area (Å²) in [4.78, 5) is 18.9. The lowest BCUT2D eigenvalue weighted by Crippen LogP contribution is -2.33. The first-order chi connectivity index (χ1) is 13.8. The molecule has 0 fully saturated rings. The van der Waals surface area contributed by atoms with Crippen molar-refractivity contribution in [3.63, 3.8) is 0 Å². The van der Waals surface area contributed by atoms with Crippen LogP contribution in [0.5, 0.6) is 0 Å². The van der Waals surface area contributed by atoms with E-state index in [2.05, 4.69) is 4.98 Å². The number of carbonyl (C=O) groups is 1. The molecule has 0 aliphatic heterocycles. The topological polar surface area (TPSA) is 106 Å². The lowest BCUT2D eigenvalue weighted by molar-refractivity contribution is -0.142. The molecule has 7 heteroatoms. The highest BCUT2D eigenvalue weighted by atomic mass is 32.2. The van der Waals surface area contributed by atoms with Crippen molar-refractivity contribution in [2.45, 2.75) is 36.6 Å². The largest absolute Gasteiger partial charge is 0.481 e. The summed E-state index contributed by atoms with van der Waals surface area (Å²) in [5, 5.41) is 29.9. The second kappa shape index (κ2) is 9.26. The van der Waals surface area contributed by atoms with E-state index in [9.17, 15) is 15.0 Å². The molecule has 0 saturated heterocycles. The maximum atomic E-state index is 10.8. The van der Waals surface area contributed by atoms with Gasteiger partial charge in [-0.05, 0) is 6.92 Å². The van der Waals surface area contributed by atoms with Gasteiger partial charge in [0, 0.05) is 23.3 Å². The zero-order valence-electron chi connectivity index (χ0n) is 16.1. The number of H-pyrrole nitrogens is 1. The second-order valence-electron chi connectivity index (χ2n) is 7.23. The van der Waals surface area contributed by atoms with Gasteiger partial charge in [-0.2, -0.15) is 0 Å². The Morgan fingerprint density at radius 1 is 1.10 bits per heavy atom. The fourth-order valence-corrected chi connectivity index (χ4v) is 3.98. The summed E-state index contributed by atoms with van der Waals surface area (Å²) >= 11 is 1.34. The van der Waals surface area contributed by atoms with Crippen molar-refractivity contribution in [3.05, 3.63) is 60.7 Å². The Hall–Kier alpha value is -2.61. The Balaban J connectivity index is 1.77. The van der Waals surface area contributed by atoms with Gasteiger partial charge in [-0.25, -0.2) is 4.98 Å². The van der Waals surface area contributed by atoms with Gasteiger partial charge in [0.2, 0.25) is 0 Å². The monoisotopic (exact) mass is 412 g/mol.